The summed E-state index contributed by atoms with van der Waals surface area (Å²) in [6, 6.07) is 6.47. The van der Waals surface area contributed by atoms with Gasteiger partial charge in [0.1, 0.15) is 0 Å². The van der Waals surface area contributed by atoms with Crippen LogP contribution in [-0.2, 0) is 16.0 Å². The Balaban J connectivity index is 0.000000240. The maximum absolute atomic E-state index is 9.55. The molecule has 4 N–H and O–H groups in total. The Morgan fingerprint density at radius 2 is 1.90 bits per heavy atom. The monoisotopic (exact) mass is 356 g/mol. The molecule has 0 saturated carbocycles. The topological polar surface area (TPSA) is 104 Å². The Morgan fingerprint density at radius 1 is 1.29 bits per heavy atom. The molecule has 0 unspecified atom stereocenters. The van der Waals surface area contributed by atoms with Gasteiger partial charge in [-0.1, -0.05) is 22.0 Å². The van der Waals surface area contributed by atoms with Gasteiger partial charge in [0.15, 0.2) is 0 Å². The van der Waals surface area contributed by atoms with Gasteiger partial charge in [-0.3, -0.25) is 0 Å². The Bertz CT molecular complexity index is 528. The van der Waals surface area contributed by atoms with E-state index in [1.165, 1.54) is 11.3 Å². The molecule has 0 saturated heterocycles. The van der Waals surface area contributed by atoms with Crippen molar-refractivity contribution in [1.29, 1.82) is 0 Å². The van der Waals surface area contributed by atoms with E-state index in [0.717, 1.165) is 30.5 Å². The number of nitrogens with two attached hydrogens (primary N) is 1. The summed E-state index contributed by atoms with van der Waals surface area (Å²) in [6.07, 6.45) is 2.27. The molecule has 1 heterocycles. The molecule has 7 heteroatoms. The number of aliphatic carboxylic acids is 2. The molecule has 114 valence electrons. The minimum atomic E-state index is -1.26. The molecule has 0 aromatic heterocycles. The van der Waals surface area contributed by atoms with Crippen molar-refractivity contribution < 1.29 is 19.8 Å². The van der Waals surface area contributed by atoms with Gasteiger partial charge in [0.25, 0.3) is 0 Å². The van der Waals surface area contributed by atoms with Gasteiger partial charge in [-0.2, -0.15) is 0 Å². The molecule has 6 nitrogen and oxygen atoms in total. The lowest BCUT2D eigenvalue weighted by Crippen LogP contribution is -2.27. The number of benzene rings is 1. The van der Waals surface area contributed by atoms with E-state index in [-0.39, 0.29) is 0 Å². The second-order valence-corrected chi connectivity index (χ2v) is 5.22. The summed E-state index contributed by atoms with van der Waals surface area (Å²) in [5, 5.41) is 15.6. The van der Waals surface area contributed by atoms with Crippen molar-refractivity contribution in [3.63, 3.8) is 0 Å². The van der Waals surface area contributed by atoms with Crippen LogP contribution in [0.3, 0.4) is 0 Å². The van der Waals surface area contributed by atoms with E-state index in [1.54, 1.807) is 0 Å². The van der Waals surface area contributed by atoms with Crippen molar-refractivity contribution in [2.75, 3.05) is 24.5 Å². The molecule has 2 rings (SSSR count). The number of carboxylic acids is 2. The van der Waals surface area contributed by atoms with Crippen LogP contribution in [0.5, 0.6) is 0 Å². The van der Waals surface area contributed by atoms with Crippen LogP contribution in [0.1, 0.15) is 5.56 Å². The first-order valence-electron chi connectivity index (χ1n) is 6.31. The number of carboxylic acid groups (broad SMARTS) is 2. The summed E-state index contributed by atoms with van der Waals surface area (Å²) in [7, 11) is 0. The minimum Gasteiger partial charge on any atom is -0.478 e. The number of halogens is 1. The van der Waals surface area contributed by atoms with Gasteiger partial charge < -0.3 is 20.8 Å². The summed E-state index contributed by atoms with van der Waals surface area (Å²) in [4.78, 5) is 21.5. The van der Waals surface area contributed by atoms with E-state index in [0.29, 0.717) is 12.2 Å². The van der Waals surface area contributed by atoms with E-state index < -0.39 is 11.9 Å². The van der Waals surface area contributed by atoms with Gasteiger partial charge in [-0.15, -0.1) is 0 Å². The molecule has 1 aliphatic rings. The largest absolute Gasteiger partial charge is 0.478 e. The molecule has 1 aromatic rings. The van der Waals surface area contributed by atoms with Crippen LogP contribution in [0.25, 0.3) is 0 Å². The fraction of sp³-hybridized carbons (Fsp3) is 0.286. The number of hydrogen-bond donors (Lipinski definition) is 3. The molecule has 0 atom stereocenters. The Labute approximate surface area is 131 Å². The fourth-order valence-electron chi connectivity index (χ4n) is 1.95. The first-order valence-corrected chi connectivity index (χ1v) is 7.10. The van der Waals surface area contributed by atoms with E-state index in [4.69, 9.17) is 15.9 Å². The smallest absolute Gasteiger partial charge is 0.328 e. The maximum atomic E-state index is 9.55. The standard InChI is InChI=1S/C10H13BrN2.C4H4O4/c11-9-2-1-8-3-5-13(6-4-12)10(8)7-9;5-3(6)1-2-4(7)8/h1-2,7H,3-6,12H2;1-2H,(H,5,6)(H,7,8). The first-order chi connectivity index (χ1) is 9.93. The second kappa shape index (κ2) is 8.43. The predicted octanol–water partition coefficient (Wildman–Crippen LogP) is 1.48. The van der Waals surface area contributed by atoms with E-state index in [9.17, 15) is 9.59 Å². The highest BCUT2D eigenvalue weighted by Gasteiger charge is 2.17. The quantitative estimate of drug-likeness (QED) is 0.706. The van der Waals surface area contributed by atoms with Gasteiger partial charge in [-0.25, -0.2) is 9.59 Å². The average Bonchev–Trinajstić information content (AvgIpc) is 2.80. The number of nitrogens with zero attached hydrogens (tertiary/aromatic N) is 1. The maximum Gasteiger partial charge on any atom is 0.328 e. The summed E-state index contributed by atoms with van der Waals surface area (Å²) in [6.45, 7) is 2.80. The van der Waals surface area contributed by atoms with Crippen LogP contribution < -0.4 is 10.6 Å². The summed E-state index contributed by atoms with van der Waals surface area (Å²) >= 11 is 3.49. The summed E-state index contributed by atoms with van der Waals surface area (Å²) in [5.74, 6) is -2.51. The zero-order chi connectivity index (χ0) is 15.8. The van der Waals surface area contributed by atoms with Crippen LogP contribution in [0.2, 0.25) is 0 Å². The molecular weight excluding hydrogens is 340 g/mol. The normalized spacial score (nSPS) is 12.8. The third-order valence-corrected chi connectivity index (χ3v) is 3.30. The fourth-order valence-corrected chi connectivity index (χ4v) is 2.30. The minimum absolute atomic E-state index is 0.558. The molecule has 1 aromatic carbocycles. The summed E-state index contributed by atoms with van der Waals surface area (Å²) < 4.78 is 1.15. The highest BCUT2D eigenvalue weighted by Crippen LogP contribution is 2.30. The van der Waals surface area contributed by atoms with Crippen molar-refractivity contribution in [2.45, 2.75) is 6.42 Å². The predicted molar refractivity (Wildman–Crippen MR) is 83.5 cm³/mol. The van der Waals surface area contributed by atoms with E-state index in [2.05, 4.69) is 39.0 Å². The lowest BCUT2D eigenvalue weighted by molar-refractivity contribution is -0.134. The lowest BCUT2D eigenvalue weighted by atomic mass is 10.2. The molecule has 1 aliphatic heterocycles. The average molecular weight is 357 g/mol. The van der Waals surface area contributed by atoms with E-state index in [1.807, 2.05) is 0 Å². The zero-order valence-corrected chi connectivity index (χ0v) is 12.9. The van der Waals surface area contributed by atoms with Crippen molar-refractivity contribution in [3.8, 4) is 0 Å². The van der Waals surface area contributed by atoms with Gasteiger partial charge in [0.2, 0.25) is 0 Å². The third-order valence-electron chi connectivity index (χ3n) is 2.81. The Morgan fingerprint density at radius 3 is 2.43 bits per heavy atom. The van der Waals surface area contributed by atoms with Gasteiger partial charge in [0, 0.05) is 41.9 Å². The molecule has 0 bridgehead atoms. The molecule has 0 amide bonds. The van der Waals surface area contributed by atoms with Crippen molar-refractivity contribution >= 4 is 33.6 Å². The zero-order valence-electron chi connectivity index (χ0n) is 11.3. The second-order valence-electron chi connectivity index (χ2n) is 4.31. The summed E-state index contributed by atoms with van der Waals surface area (Å²) in [5.41, 5.74) is 8.34. The van der Waals surface area contributed by atoms with Gasteiger partial charge in [0.05, 0.1) is 0 Å². The molecule has 0 spiro atoms. The van der Waals surface area contributed by atoms with Crippen LogP contribution in [-0.4, -0.2) is 41.8 Å². The van der Waals surface area contributed by atoms with Crippen LogP contribution >= 0.6 is 15.9 Å². The number of rotatable bonds is 4. The van der Waals surface area contributed by atoms with Crippen LogP contribution in [0.15, 0.2) is 34.8 Å². The molecule has 0 aliphatic carbocycles. The van der Waals surface area contributed by atoms with Crippen LogP contribution in [0, 0.1) is 0 Å². The highest BCUT2D eigenvalue weighted by molar-refractivity contribution is 9.10. The number of fused-ring (bicyclic) bond motifs is 1. The van der Waals surface area contributed by atoms with Crippen molar-refractivity contribution in [1.82, 2.24) is 0 Å². The van der Waals surface area contributed by atoms with E-state index >= 15 is 0 Å². The lowest BCUT2D eigenvalue weighted by Gasteiger charge is -2.18. The molecule has 0 fully saturated rings. The van der Waals surface area contributed by atoms with Gasteiger partial charge in [-0.05, 0) is 24.1 Å². The van der Waals surface area contributed by atoms with Crippen LogP contribution in [0.4, 0.5) is 5.69 Å². The number of carbonyl (C=O) groups is 2. The van der Waals surface area contributed by atoms with Crippen molar-refractivity contribution in [3.05, 3.63) is 40.4 Å². The SMILES string of the molecule is NCCN1CCc2ccc(Br)cc21.O=C(O)C=CC(=O)O. The highest BCUT2D eigenvalue weighted by atomic mass is 79.9. The Kier molecular flexibility index (Phi) is 6.90. The molecule has 21 heavy (non-hydrogen) atoms. The number of anilines is 1. The van der Waals surface area contributed by atoms with Gasteiger partial charge >= 0.3 is 11.9 Å². The number of hydrogen-bond acceptors (Lipinski definition) is 4. The molecular formula is C14H17BrN2O4. The Hall–Kier alpha value is -1.86. The third kappa shape index (κ3) is 5.97. The van der Waals surface area contributed by atoms with Crippen molar-refractivity contribution in [2.24, 2.45) is 5.73 Å². The first kappa shape index (κ1) is 17.2. The molecule has 0 radical (unpaired) electrons.